The van der Waals surface area contributed by atoms with Crippen LogP contribution in [0.25, 0.3) is 0 Å². The summed E-state index contributed by atoms with van der Waals surface area (Å²) in [5.41, 5.74) is 15.4. The van der Waals surface area contributed by atoms with Crippen LogP contribution in [0.1, 0.15) is 17.5 Å². The van der Waals surface area contributed by atoms with Gasteiger partial charge in [0, 0.05) is 13.0 Å². The smallest absolute Gasteiger partial charge is 0.227 e. The second kappa shape index (κ2) is 4.37. The molecule has 17 heavy (non-hydrogen) atoms. The molecule has 1 amide bonds. The van der Waals surface area contributed by atoms with Gasteiger partial charge in [0.15, 0.2) is 0 Å². The molecule has 4 N–H and O–H groups in total. The van der Waals surface area contributed by atoms with E-state index in [1.165, 1.54) is 0 Å². The lowest BCUT2D eigenvalue weighted by Crippen LogP contribution is -2.27. The van der Waals surface area contributed by atoms with Crippen molar-refractivity contribution in [1.82, 2.24) is 0 Å². The van der Waals surface area contributed by atoms with E-state index in [0.717, 1.165) is 16.8 Å². The van der Waals surface area contributed by atoms with Gasteiger partial charge in [0.05, 0.1) is 11.4 Å². The van der Waals surface area contributed by atoms with Gasteiger partial charge < -0.3 is 16.4 Å². The summed E-state index contributed by atoms with van der Waals surface area (Å²) in [6.07, 6.45) is 0.531. The van der Waals surface area contributed by atoms with Gasteiger partial charge in [-0.3, -0.25) is 4.79 Å². The van der Waals surface area contributed by atoms with Crippen molar-refractivity contribution < 1.29 is 4.79 Å². The number of nitrogen functional groups attached to an aromatic ring is 1. The molecule has 1 heterocycles. The minimum Gasteiger partial charge on any atom is -0.397 e. The Morgan fingerprint density at radius 1 is 1.41 bits per heavy atom. The van der Waals surface area contributed by atoms with E-state index in [4.69, 9.17) is 11.5 Å². The summed E-state index contributed by atoms with van der Waals surface area (Å²) in [6.45, 7) is 5.22. The summed E-state index contributed by atoms with van der Waals surface area (Å²) in [5, 5.41) is 0. The van der Waals surface area contributed by atoms with Gasteiger partial charge in [0.25, 0.3) is 0 Å². The molecule has 1 aromatic carbocycles. The maximum Gasteiger partial charge on any atom is 0.227 e. The summed E-state index contributed by atoms with van der Waals surface area (Å²) in [6, 6.07) is 3.96. The van der Waals surface area contributed by atoms with Gasteiger partial charge in [0.2, 0.25) is 5.91 Å². The largest absolute Gasteiger partial charge is 0.397 e. The molecule has 1 atom stereocenters. The first-order chi connectivity index (χ1) is 8.02. The van der Waals surface area contributed by atoms with E-state index >= 15 is 0 Å². The Labute approximate surface area is 102 Å². The Hall–Kier alpha value is -1.55. The van der Waals surface area contributed by atoms with Crippen LogP contribution in [0.5, 0.6) is 0 Å². The zero-order chi connectivity index (χ0) is 12.6. The maximum atomic E-state index is 11.9. The van der Waals surface area contributed by atoms with E-state index in [2.05, 4.69) is 6.07 Å². The molecule has 1 aliphatic rings. The van der Waals surface area contributed by atoms with E-state index in [1.807, 2.05) is 19.9 Å². The van der Waals surface area contributed by atoms with Crippen LogP contribution in [0.2, 0.25) is 0 Å². The van der Waals surface area contributed by atoms with Gasteiger partial charge in [-0.05, 0) is 43.5 Å². The fourth-order valence-corrected chi connectivity index (χ4v) is 2.52. The van der Waals surface area contributed by atoms with Crippen LogP contribution < -0.4 is 16.4 Å². The summed E-state index contributed by atoms with van der Waals surface area (Å²) in [7, 11) is 0. The number of carbonyl (C=O) groups is 1. The summed E-state index contributed by atoms with van der Waals surface area (Å²) in [5.74, 6) is 0.377. The predicted molar refractivity (Wildman–Crippen MR) is 69.8 cm³/mol. The topological polar surface area (TPSA) is 72.3 Å². The number of nitrogens with two attached hydrogens (primary N) is 2. The van der Waals surface area contributed by atoms with Gasteiger partial charge >= 0.3 is 0 Å². The lowest BCUT2D eigenvalue weighted by Gasteiger charge is -2.21. The first-order valence-corrected chi connectivity index (χ1v) is 5.90. The van der Waals surface area contributed by atoms with Crippen molar-refractivity contribution >= 4 is 17.3 Å². The molecular weight excluding hydrogens is 214 g/mol. The number of rotatable bonds is 2. The molecule has 4 heteroatoms. The third-order valence-corrected chi connectivity index (χ3v) is 3.28. The minimum absolute atomic E-state index is 0.124. The van der Waals surface area contributed by atoms with Crippen molar-refractivity contribution in [2.45, 2.75) is 20.3 Å². The lowest BCUT2D eigenvalue weighted by atomic mass is 10.1. The van der Waals surface area contributed by atoms with Crippen LogP contribution >= 0.6 is 0 Å². The molecule has 0 aromatic heterocycles. The van der Waals surface area contributed by atoms with Gasteiger partial charge in [0.1, 0.15) is 0 Å². The Morgan fingerprint density at radius 3 is 2.65 bits per heavy atom. The Morgan fingerprint density at radius 2 is 2.12 bits per heavy atom. The fourth-order valence-electron chi connectivity index (χ4n) is 2.52. The number of hydrogen-bond donors (Lipinski definition) is 2. The Kier molecular flexibility index (Phi) is 3.07. The maximum absolute atomic E-state index is 11.9. The van der Waals surface area contributed by atoms with E-state index in [-0.39, 0.29) is 11.8 Å². The highest BCUT2D eigenvalue weighted by Gasteiger charge is 2.31. The molecule has 1 fully saturated rings. The number of nitrogens with zero attached hydrogens (tertiary/aromatic N) is 1. The van der Waals surface area contributed by atoms with Gasteiger partial charge in [-0.15, -0.1) is 0 Å². The SMILES string of the molecule is Cc1cc(C)c(N2CC(CN)CC2=O)c(N)c1. The van der Waals surface area contributed by atoms with E-state index in [1.54, 1.807) is 4.90 Å². The molecule has 2 rings (SSSR count). The van der Waals surface area contributed by atoms with Crippen LogP contribution in [0.4, 0.5) is 11.4 Å². The molecule has 92 valence electrons. The van der Waals surface area contributed by atoms with E-state index in [0.29, 0.717) is 25.2 Å². The van der Waals surface area contributed by atoms with E-state index in [9.17, 15) is 4.79 Å². The van der Waals surface area contributed by atoms with Crippen LogP contribution in [0.15, 0.2) is 12.1 Å². The van der Waals surface area contributed by atoms with Crippen molar-refractivity contribution in [3.05, 3.63) is 23.3 Å². The highest BCUT2D eigenvalue weighted by molar-refractivity contribution is 5.99. The number of benzene rings is 1. The lowest BCUT2D eigenvalue weighted by molar-refractivity contribution is -0.117. The second-order valence-corrected chi connectivity index (χ2v) is 4.83. The third-order valence-electron chi connectivity index (χ3n) is 3.28. The fraction of sp³-hybridized carbons (Fsp3) is 0.462. The molecule has 0 aliphatic carbocycles. The highest BCUT2D eigenvalue weighted by atomic mass is 16.2. The summed E-state index contributed by atoms with van der Waals surface area (Å²) in [4.78, 5) is 13.7. The normalized spacial score (nSPS) is 20.1. The van der Waals surface area contributed by atoms with Crippen molar-refractivity contribution in [2.24, 2.45) is 11.7 Å². The molecule has 1 aromatic rings. The van der Waals surface area contributed by atoms with Crippen LogP contribution in [0, 0.1) is 19.8 Å². The van der Waals surface area contributed by atoms with Crippen LogP contribution in [-0.2, 0) is 4.79 Å². The van der Waals surface area contributed by atoms with Crippen molar-refractivity contribution in [3.63, 3.8) is 0 Å². The Bertz CT molecular complexity index is 433. The predicted octanol–water partition coefficient (Wildman–Crippen LogP) is 1.20. The van der Waals surface area contributed by atoms with Gasteiger partial charge in [-0.2, -0.15) is 0 Å². The quantitative estimate of drug-likeness (QED) is 0.754. The number of carbonyl (C=O) groups excluding carboxylic acids is 1. The number of anilines is 2. The van der Waals surface area contributed by atoms with Crippen molar-refractivity contribution in [1.29, 1.82) is 0 Å². The van der Waals surface area contributed by atoms with E-state index < -0.39 is 0 Å². The van der Waals surface area contributed by atoms with Gasteiger partial charge in [-0.25, -0.2) is 0 Å². The zero-order valence-electron chi connectivity index (χ0n) is 10.4. The molecule has 1 aliphatic heterocycles. The molecule has 1 saturated heterocycles. The Balaban J connectivity index is 2.38. The first-order valence-electron chi connectivity index (χ1n) is 5.90. The average molecular weight is 233 g/mol. The van der Waals surface area contributed by atoms with Crippen molar-refractivity contribution in [2.75, 3.05) is 23.7 Å². The van der Waals surface area contributed by atoms with Gasteiger partial charge in [-0.1, -0.05) is 6.07 Å². The number of aryl methyl sites for hydroxylation is 2. The zero-order valence-corrected chi connectivity index (χ0v) is 10.4. The molecule has 0 bridgehead atoms. The standard InChI is InChI=1S/C13H19N3O/c1-8-3-9(2)13(11(15)4-8)16-7-10(6-14)5-12(16)17/h3-4,10H,5-7,14-15H2,1-2H3. The summed E-state index contributed by atoms with van der Waals surface area (Å²) < 4.78 is 0. The molecule has 0 saturated carbocycles. The molecule has 0 spiro atoms. The highest BCUT2D eigenvalue weighted by Crippen LogP contribution is 2.33. The number of amides is 1. The second-order valence-electron chi connectivity index (χ2n) is 4.83. The molecule has 0 radical (unpaired) electrons. The molecule has 4 nitrogen and oxygen atoms in total. The third kappa shape index (κ3) is 2.13. The molecule has 1 unspecified atom stereocenters. The number of hydrogen-bond acceptors (Lipinski definition) is 3. The monoisotopic (exact) mass is 233 g/mol. The minimum atomic E-state index is 0.124. The first kappa shape index (κ1) is 11.9. The van der Waals surface area contributed by atoms with Crippen molar-refractivity contribution in [3.8, 4) is 0 Å². The molecular formula is C13H19N3O. The average Bonchev–Trinajstić information content (AvgIpc) is 2.59. The van der Waals surface area contributed by atoms with Crippen LogP contribution in [0.3, 0.4) is 0 Å². The summed E-state index contributed by atoms with van der Waals surface area (Å²) >= 11 is 0. The van der Waals surface area contributed by atoms with Crippen LogP contribution in [-0.4, -0.2) is 19.0 Å².